The van der Waals surface area contributed by atoms with E-state index in [1.165, 1.54) is 12.1 Å². The third-order valence-electron chi connectivity index (χ3n) is 5.20. The van der Waals surface area contributed by atoms with Crippen LogP contribution in [0, 0.1) is 5.92 Å². The molecule has 8 heteroatoms. The minimum Gasteiger partial charge on any atom is -0.379 e. The second kappa shape index (κ2) is 11.1. The highest BCUT2D eigenvalue weighted by Crippen LogP contribution is 2.14. The Kier molecular flexibility index (Phi) is 9.07. The molecule has 1 heterocycles. The molecule has 0 aliphatic carbocycles. The predicted molar refractivity (Wildman–Crippen MR) is 114 cm³/mol. The smallest absolute Gasteiger partial charge is 0.251 e. The van der Waals surface area contributed by atoms with Crippen molar-refractivity contribution in [1.82, 2.24) is 14.9 Å². The SMILES string of the molecule is CCC(C)NS(=O)(=O)c1ccc(C(=O)NCC(CC(C)C)N2CCOCC2)cc1. The lowest BCUT2D eigenvalue weighted by atomic mass is 10.0. The summed E-state index contributed by atoms with van der Waals surface area (Å²) in [7, 11) is -3.57. The molecule has 1 fully saturated rings. The van der Waals surface area contributed by atoms with Gasteiger partial charge in [0.05, 0.1) is 18.1 Å². The largest absolute Gasteiger partial charge is 0.379 e. The van der Waals surface area contributed by atoms with Crippen molar-refractivity contribution in [3.05, 3.63) is 29.8 Å². The van der Waals surface area contributed by atoms with Crippen molar-refractivity contribution in [3.63, 3.8) is 0 Å². The number of sulfonamides is 1. The van der Waals surface area contributed by atoms with Crippen molar-refractivity contribution >= 4 is 15.9 Å². The highest BCUT2D eigenvalue weighted by molar-refractivity contribution is 7.89. The van der Waals surface area contributed by atoms with Crippen LogP contribution in [0.1, 0.15) is 50.9 Å². The second-order valence-corrected chi connectivity index (χ2v) is 9.81. The van der Waals surface area contributed by atoms with Gasteiger partial charge in [-0.25, -0.2) is 13.1 Å². The molecule has 2 unspecified atom stereocenters. The van der Waals surface area contributed by atoms with Crippen LogP contribution in [0.5, 0.6) is 0 Å². The summed E-state index contributed by atoms with van der Waals surface area (Å²) in [5.74, 6) is 0.341. The molecular formula is C21H35N3O4S. The van der Waals surface area contributed by atoms with Crippen LogP contribution in [-0.2, 0) is 14.8 Å². The van der Waals surface area contributed by atoms with Crippen LogP contribution in [0.4, 0.5) is 0 Å². The Hall–Kier alpha value is -1.48. The minimum atomic E-state index is -3.57. The maximum atomic E-state index is 12.6. The third kappa shape index (κ3) is 7.37. The summed E-state index contributed by atoms with van der Waals surface area (Å²) in [6.45, 7) is 11.9. The molecule has 2 rings (SSSR count). The highest BCUT2D eigenvalue weighted by atomic mass is 32.2. The number of morpholine rings is 1. The molecule has 0 spiro atoms. The molecule has 1 aliphatic heterocycles. The Labute approximate surface area is 175 Å². The number of benzene rings is 1. The van der Waals surface area contributed by atoms with Gasteiger partial charge in [-0.1, -0.05) is 20.8 Å². The predicted octanol–water partition coefficient (Wildman–Crippen LogP) is 2.24. The molecule has 0 radical (unpaired) electrons. The number of carbonyl (C=O) groups is 1. The standard InChI is InChI=1S/C21H35N3O4S/c1-5-17(4)23-29(26,27)20-8-6-18(7-9-20)21(25)22-15-19(14-16(2)3)24-10-12-28-13-11-24/h6-9,16-17,19,23H,5,10-15H2,1-4H3,(H,22,25). The maximum Gasteiger partial charge on any atom is 0.251 e. The van der Waals surface area contributed by atoms with Crippen molar-refractivity contribution in [2.75, 3.05) is 32.8 Å². The number of ether oxygens (including phenoxy) is 1. The van der Waals surface area contributed by atoms with Crippen LogP contribution >= 0.6 is 0 Å². The van der Waals surface area contributed by atoms with Crippen molar-refractivity contribution in [1.29, 1.82) is 0 Å². The molecule has 0 saturated carbocycles. The van der Waals surface area contributed by atoms with Gasteiger partial charge < -0.3 is 10.1 Å². The first-order valence-electron chi connectivity index (χ1n) is 10.4. The molecule has 2 atom stereocenters. The normalized spacial score (nSPS) is 17.8. The zero-order valence-corrected chi connectivity index (χ0v) is 18.8. The van der Waals surface area contributed by atoms with E-state index in [0.29, 0.717) is 24.4 Å². The topological polar surface area (TPSA) is 87.7 Å². The lowest BCUT2D eigenvalue weighted by molar-refractivity contribution is 0.0124. The Morgan fingerprint density at radius 1 is 1.14 bits per heavy atom. The van der Waals surface area contributed by atoms with Gasteiger partial charge in [0.2, 0.25) is 10.0 Å². The van der Waals surface area contributed by atoms with Crippen LogP contribution in [0.25, 0.3) is 0 Å². The average Bonchev–Trinajstić information content (AvgIpc) is 2.71. The number of amides is 1. The Morgan fingerprint density at radius 2 is 1.76 bits per heavy atom. The fourth-order valence-electron chi connectivity index (χ4n) is 3.36. The summed E-state index contributed by atoms with van der Waals surface area (Å²) in [5, 5.41) is 3.01. The molecule has 1 aromatic carbocycles. The lowest BCUT2D eigenvalue weighted by Gasteiger charge is -2.35. The second-order valence-electron chi connectivity index (χ2n) is 8.10. The maximum absolute atomic E-state index is 12.6. The summed E-state index contributed by atoms with van der Waals surface area (Å²) in [6, 6.07) is 6.21. The monoisotopic (exact) mass is 425 g/mol. The van der Waals surface area contributed by atoms with Gasteiger partial charge in [-0.05, 0) is 49.9 Å². The Bertz CT molecular complexity index is 744. The van der Waals surface area contributed by atoms with E-state index in [-0.39, 0.29) is 22.9 Å². The summed E-state index contributed by atoms with van der Waals surface area (Å²) in [6.07, 6.45) is 1.71. The first-order valence-corrected chi connectivity index (χ1v) is 11.9. The fourth-order valence-corrected chi connectivity index (χ4v) is 4.69. The fraction of sp³-hybridized carbons (Fsp3) is 0.667. The summed E-state index contributed by atoms with van der Waals surface area (Å²) in [5.41, 5.74) is 0.456. The van der Waals surface area contributed by atoms with Gasteiger partial charge in [0.1, 0.15) is 0 Å². The minimum absolute atomic E-state index is 0.138. The van der Waals surface area contributed by atoms with Gasteiger partial charge in [0, 0.05) is 37.3 Å². The molecular weight excluding hydrogens is 390 g/mol. The summed E-state index contributed by atoms with van der Waals surface area (Å²) < 4.78 is 32.8. The van der Waals surface area contributed by atoms with Crippen LogP contribution in [0.2, 0.25) is 0 Å². The quantitative estimate of drug-likeness (QED) is 0.600. The van der Waals surface area contributed by atoms with Gasteiger partial charge in [0.15, 0.2) is 0 Å². The van der Waals surface area contributed by atoms with E-state index in [1.807, 2.05) is 13.8 Å². The zero-order valence-electron chi connectivity index (χ0n) is 18.0. The number of hydrogen-bond acceptors (Lipinski definition) is 5. The molecule has 7 nitrogen and oxygen atoms in total. The van der Waals surface area contributed by atoms with Crippen molar-refractivity contribution in [3.8, 4) is 0 Å². The lowest BCUT2D eigenvalue weighted by Crippen LogP contribution is -2.49. The van der Waals surface area contributed by atoms with Crippen molar-refractivity contribution in [2.45, 2.75) is 57.5 Å². The Balaban J connectivity index is 1.98. The molecule has 1 saturated heterocycles. The third-order valence-corrected chi connectivity index (χ3v) is 6.80. The van der Waals surface area contributed by atoms with Gasteiger partial charge in [0.25, 0.3) is 5.91 Å². The molecule has 29 heavy (non-hydrogen) atoms. The van der Waals surface area contributed by atoms with Crippen molar-refractivity contribution in [2.24, 2.45) is 5.92 Å². The molecule has 1 aromatic rings. The van der Waals surface area contributed by atoms with E-state index in [0.717, 1.165) is 32.7 Å². The zero-order chi connectivity index (χ0) is 21.4. The highest BCUT2D eigenvalue weighted by Gasteiger charge is 2.23. The molecule has 1 amide bonds. The first kappa shape index (κ1) is 23.8. The van der Waals surface area contributed by atoms with E-state index in [9.17, 15) is 13.2 Å². The number of carbonyl (C=O) groups excluding carboxylic acids is 1. The van der Waals surface area contributed by atoms with E-state index in [4.69, 9.17) is 4.74 Å². The van der Waals surface area contributed by atoms with E-state index in [2.05, 4.69) is 28.8 Å². The number of nitrogens with zero attached hydrogens (tertiary/aromatic N) is 1. The number of rotatable bonds is 10. The molecule has 0 bridgehead atoms. The average molecular weight is 426 g/mol. The van der Waals surface area contributed by atoms with E-state index >= 15 is 0 Å². The summed E-state index contributed by atoms with van der Waals surface area (Å²) in [4.78, 5) is 15.1. The van der Waals surface area contributed by atoms with Gasteiger partial charge in [-0.3, -0.25) is 9.69 Å². The van der Waals surface area contributed by atoms with Gasteiger partial charge in [-0.15, -0.1) is 0 Å². The molecule has 164 valence electrons. The molecule has 2 N–H and O–H groups in total. The van der Waals surface area contributed by atoms with E-state index < -0.39 is 10.0 Å². The number of nitrogens with one attached hydrogen (secondary N) is 2. The van der Waals surface area contributed by atoms with Crippen molar-refractivity contribution < 1.29 is 17.9 Å². The van der Waals surface area contributed by atoms with Gasteiger partial charge in [-0.2, -0.15) is 0 Å². The summed E-state index contributed by atoms with van der Waals surface area (Å²) >= 11 is 0. The first-order chi connectivity index (χ1) is 13.7. The molecule has 1 aliphatic rings. The van der Waals surface area contributed by atoms with E-state index in [1.54, 1.807) is 12.1 Å². The van der Waals surface area contributed by atoms with Crippen LogP contribution in [0.15, 0.2) is 29.2 Å². The number of hydrogen-bond donors (Lipinski definition) is 2. The Morgan fingerprint density at radius 3 is 2.31 bits per heavy atom. The van der Waals surface area contributed by atoms with Crippen LogP contribution in [0.3, 0.4) is 0 Å². The van der Waals surface area contributed by atoms with Crippen LogP contribution in [-0.4, -0.2) is 64.2 Å². The van der Waals surface area contributed by atoms with Crippen LogP contribution < -0.4 is 10.0 Å². The molecule has 0 aromatic heterocycles. The van der Waals surface area contributed by atoms with Gasteiger partial charge >= 0.3 is 0 Å².